The number of ether oxygens (including phenoxy) is 1. The maximum Gasteiger partial charge on any atom is 0.239 e. The quantitative estimate of drug-likeness (QED) is 0.839. The predicted octanol–water partition coefficient (Wildman–Crippen LogP) is 3.01. The Morgan fingerprint density at radius 2 is 2.37 bits per heavy atom. The molecule has 4 nitrogen and oxygen atoms in total. The number of hydrogen-bond acceptors (Lipinski definition) is 5. The Morgan fingerprint density at radius 1 is 1.53 bits per heavy atom. The van der Waals surface area contributed by atoms with Gasteiger partial charge in [0.25, 0.3) is 0 Å². The Labute approximate surface area is 119 Å². The summed E-state index contributed by atoms with van der Waals surface area (Å²) in [6.07, 6.45) is 2.62. The molecule has 106 valence electrons. The van der Waals surface area contributed by atoms with Crippen LogP contribution in [0.2, 0.25) is 0 Å². The summed E-state index contributed by atoms with van der Waals surface area (Å²) in [5.41, 5.74) is 6.47. The number of nitrogen functional groups attached to an aromatic ring is 1. The van der Waals surface area contributed by atoms with Gasteiger partial charge >= 0.3 is 0 Å². The fourth-order valence-corrected chi connectivity index (χ4v) is 3.14. The third kappa shape index (κ3) is 4.49. The fraction of sp³-hybridized carbons (Fsp3) is 0.643. The van der Waals surface area contributed by atoms with Crippen molar-refractivity contribution in [2.24, 2.45) is 5.92 Å². The van der Waals surface area contributed by atoms with E-state index < -0.39 is 0 Å². The van der Waals surface area contributed by atoms with E-state index in [0.29, 0.717) is 29.3 Å². The van der Waals surface area contributed by atoms with Crippen molar-refractivity contribution in [1.82, 2.24) is 4.98 Å². The van der Waals surface area contributed by atoms with Gasteiger partial charge in [0, 0.05) is 11.8 Å². The van der Waals surface area contributed by atoms with E-state index in [-0.39, 0.29) is 0 Å². The number of pyridine rings is 1. The van der Waals surface area contributed by atoms with Crippen molar-refractivity contribution in [1.29, 1.82) is 0 Å². The van der Waals surface area contributed by atoms with Gasteiger partial charge in [0.1, 0.15) is 5.82 Å². The standard InChI is InChI=1S/C14H23N3OS/c1-10(2)9-18-14-12(15)5-6-13(17-14)16-8-11-4-3-7-19-11/h5-6,10-11H,3-4,7-9,15H2,1-2H3,(H,16,17). The molecule has 5 heteroatoms. The minimum Gasteiger partial charge on any atom is -0.476 e. The molecule has 19 heavy (non-hydrogen) atoms. The first-order valence-electron chi connectivity index (χ1n) is 6.90. The lowest BCUT2D eigenvalue weighted by atomic mass is 10.2. The van der Waals surface area contributed by atoms with Crippen LogP contribution in [-0.2, 0) is 0 Å². The molecule has 0 saturated carbocycles. The SMILES string of the molecule is CC(C)COc1nc(NCC2CCCS2)ccc1N. The Bertz CT molecular complexity index is 406. The highest BCUT2D eigenvalue weighted by Gasteiger charge is 2.15. The van der Waals surface area contributed by atoms with E-state index in [9.17, 15) is 0 Å². The topological polar surface area (TPSA) is 60.2 Å². The summed E-state index contributed by atoms with van der Waals surface area (Å²) in [5, 5.41) is 4.08. The van der Waals surface area contributed by atoms with Gasteiger partial charge in [-0.05, 0) is 36.6 Å². The van der Waals surface area contributed by atoms with Gasteiger partial charge in [0.05, 0.1) is 12.3 Å². The van der Waals surface area contributed by atoms with E-state index in [2.05, 4.69) is 24.1 Å². The van der Waals surface area contributed by atoms with E-state index in [1.807, 2.05) is 23.9 Å². The molecule has 0 spiro atoms. The van der Waals surface area contributed by atoms with Crippen molar-refractivity contribution in [3.8, 4) is 5.88 Å². The molecule has 3 N–H and O–H groups in total. The van der Waals surface area contributed by atoms with Crippen molar-refractivity contribution in [3.05, 3.63) is 12.1 Å². The average Bonchev–Trinajstić information content (AvgIpc) is 2.89. The zero-order valence-corrected chi connectivity index (χ0v) is 12.5. The van der Waals surface area contributed by atoms with Gasteiger partial charge in [-0.15, -0.1) is 0 Å². The lowest BCUT2D eigenvalue weighted by Crippen LogP contribution is -2.15. The van der Waals surface area contributed by atoms with Gasteiger partial charge in [0.2, 0.25) is 5.88 Å². The second kappa shape index (κ2) is 6.89. The lowest BCUT2D eigenvalue weighted by Gasteiger charge is -2.14. The number of nitrogens with zero attached hydrogens (tertiary/aromatic N) is 1. The molecule has 2 heterocycles. The van der Waals surface area contributed by atoms with E-state index in [4.69, 9.17) is 10.5 Å². The van der Waals surface area contributed by atoms with Crippen molar-refractivity contribution in [2.75, 3.05) is 30.0 Å². The summed E-state index contributed by atoms with van der Waals surface area (Å²) in [6, 6.07) is 3.77. The first-order chi connectivity index (χ1) is 9.15. The van der Waals surface area contributed by atoms with Crippen molar-refractivity contribution in [3.63, 3.8) is 0 Å². The Balaban J connectivity index is 1.91. The van der Waals surface area contributed by atoms with Crippen LogP contribution >= 0.6 is 11.8 Å². The molecule has 0 radical (unpaired) electrons. The highest BCUT2D eigenvalue weighted by molar-refractivity contribution is 8.00. The van der Waals surface area contributed by atoms with Crippen LogP contribution in [0, 0.1) is 5.92 Å². The number of nitrogens with one attached hydrogen (secondary N) is 1. The Kier molecular flexibility index (Phi) is 5.19. The molecule has 0 aromatic carbocycles. The third-order valence-electron chi connectivity index (χ3n) is 2.98. The highest BCUT2D eigenvalue weighted by atomic mass is 32.2. The smallest absolute Gasteiger partial charge is 0.239 e. The molecule has 1 aliphatic rings. The second-order valence-corrected chi connectivity index (χ2v) is 6.72. The Morgan fingerprint density at radius 3 is 3.05 bits per heavy atom. The van der Waals surface area contributed by atoms with Crippen molar-refractivity contribution < 1.29 is 4.74 Å². The van der Waals surface area contributed by atoms with E-state index in [0.717, 1.165) is 12.4 Å². The van der Waals surface area contributed by atoms with Gasteiger partial charge in [-0.2, -0.15) is 16.7 Å². The number of anilines is 2. The summed E-state index contributed by atoms with van der Waals surface area (Å²) in [5.74, 6) is 3.13. The molecule has 0 bridgehead atoms. The van der Waals surface area contributed by atoms with Crippen LogP contribution in [-0.4, -0.2) is 29.1 Å². The van der Waals surface area contributed by atoms with Crippen LogP contribution < -0.4 is 15.8 Å². The molecule has 1 saturated heterocycles. The molecule has 1 atom stereocenters. The summed E-state index contributed by atoms with van der Waals surface area (Å²) >= 11 is 2.04. The molecule has 2 rings (SSSR count). The van der Waals surface area contributed by atoms with Gasteiger partial charge in [-0.3, -0.25) is 0 Å². The zero-order valence-electron chi connectivity index (χ0n) is 11.7. The molecule has 0 aliphatic carbocycles. The number of thioether (sulfide) groups is 1. The van der Waals surface area contributed by atoms with Crippen LogP contribution in [0.4, 0.5) is 11.5 Å². The van der Waals surface area contributed by atoms with Gasteiger partial charge in [-0.1, -0.05) is 13.8 Å². The molecule has 1 unspecified atom stereocenters. The predicted molar refractivity (Wildman–Crippen MR) is 83.0 cm³/mol. The monoisotopic (exact) mass is 281 g/mol. The summed E-state index contributed by atoms with van der Waals surface area (Å²) in [4.78, 5) is 4.44. The van der Waals surface area contributed by atoms with Crippen molar-refractivity contribution >= 4 is 23.3 Å². The summed E-state index contributed by atoms with van der Waals surface area (Å²) in [6.45, 7) is 5.82. The van der Waals surface area contributed by atoms with Gasteiger partial charge in [-0.25, -0.2) is 0 Å². The molecular formula is C14H23N3OS. The van der Waals surface area contributed by atoms with Gasteiger partial charge < -0.3 is 15.8 Å². The van der Waals surface area contributed by atoms with E-state index in [1.54, 1.807) is 0 Å². The van der Waals surface area contributed by atoms with Crippen LogP contribution in [0.5, 0.6) is 5.88 Å². The first kappa shape index (κ1) is 14.3. The number of nitrogens with two attached hydrogens (primary N) is 1. The van der Waals surface area contributed by atoms with Crippen LogP contribution in [0.1, 0.15) is 26.7 Å². The average molecular weight is 281 g/mol. The third-order valence-corrected chi connectivity index (χ3v) is 4.38. The number of rotatable bonds is 6. The molecule has 1 aromatic rings. The highest BCUT2D eigenvalue weighted by Crippen LogP contribution is 2.27. The van der Waals surface area contributed by atoms with Crippen LogP contribution in [0.25, 0.3) is 0 Å². The van der Waals surface area contributed by atoms with Crippen LogP contribution in [0.3, 0.4) is 0 Å². The first-order valence-corrected chi connectivity index (χ1v) is 7.95. The number of hydrogen-bond donors (Lipinski definition) is 2. The maximum absolute atomic E-state index is 5.87. The molecule has 1 fully saturated rings. The molecule has 0 amide bonds. The van der Waals surface area contributed by atoms with Gasteiger partial charge in [0.15, 0.2) is 0 Å². The molecule has 1 aliphatic heterocycles. The Hall–Kier alpha value is -1.10. The summed E-state index contributed by atoms with van der Waals surface area (Å²) < 4.78 is 5.63. The molecular weight excluding hydrogens is 258 g/mol. The van der Waals surface area contributed by atoms with E-state index >= 15 is 0 Å². The van der Waals surface area contributed by atoms with Crippen molar-refractivity contribution in [2.45, 2.75) is 31.9 Å². The minimum absolute atomic E-state index is 0.465. The number of aromatic nitrogens is 1. The second-order valence-electron chi connectivity index (χ2n) is 5.31. The lowest BCUT2D eigenvalue weighted by molar-refractivity contribution is 0.263. The van der Waals surface area contributed by atoms with E-state index in [1.165, 1.54) is 18.6 Å². The minimum atomic E-state index is 0.465. The molecule has 1 aromatic heterocycles. The van der Waals surface area contributed by atoms with Crippen LogP contribution in [0.15, 0.2) is 12.1 Å². The maximum atomic E-state index is 5.87. The normalized spacial score (nSPS) is 18.8. The fourth-order valence-electron chi connectivity index (χ4n) is 1.93. The largest absolute Gasteiger partial charge is 0.476 e. The zero-order chi connectivity index (χ0) is 13.7. The summed E-state index contributed by atoms with van der Waals surface area (Å²) in [7, 11) is 0.